The first-order chi connectivity index (χ1) is 12.6. The van der Waals surface area contributed by atoms with Crippen LogP contribution in [0, 0.1) is 13.8 Å². The molecule has 0 aliphatic heterocycles. The van der Waals surface area contributed by atoms with Crippen LogP contribution in [0.15, 0.2) is 36.9 Å². The average Bonchev–Trinajstić information content (AvgIpc) is 3.39. The lowest BCUT2D eigenvalue weighted by Gasteiger charge is -1.91. The molecule has 0 amide bonds. The molecule has 9 heteroatoms. The van der Waals surface area contributed by atoms with Crippen molar-refractivity contribution in [3.63, 3.8) is 0 Å². The lowest BCUT2D eigenvalue weighted by molar-refractivity contribution is 0.462. The lowest BCUT2D eigenvalue weighted by Crippen LogP contribution is -1.80. The van der Waals surface area contributed by atoms with Crippen LogP contribution in [-0.4, -0.2) is 20.4 Å². The van der Waals surface area contributed by atoms with Gasteiger partial charge in [0.2, 0.25) is 5.89 Å². The van der Waals surface area contributed by atoms with Gasteiger partial charge < -0.3 is 13.3 Å². The second-order valence-electron chi connectivity index (χ2n) is 5.62. The number of thiophene rings is 1. The van der Waals surface area contributed by atoms with Crippen molar-refractivity contribution < 1.29 is 13.3 Å². The quantitative estimate of drug-likeness (QED) is 0.430. The van der Waals surface area contributed by atoms with Crippen molar-refractivity contribution in [1.29, 1.82) is 0 Å². The maximum absolute atomic E-state index is 5.76. The fourth-order valence-corrected chi connectivity index (χ4v) is 4.13. The molecule has 0 spiro atoms. The molecule has 0 N–H and O–H groups in total. The van der Waals surface area contributed by atoms with E-state index in [-0.39, 0.29) is 0 Å². The number of thioether (sulfide) groups is 1. The number of nitrogens with zero attached hydrogens (tertiary/aromatic N) is 4. The van der Waals surface area contributed by atoms with Crippen molar-refractivity contribution in [2.45, 2.75) is 38.2 Å². The molecule has 0 bridgehead atoms. The highest BCUT2D eigenvalue weighted by Gasteiger charge is 2.16. The van der Waals surface area contributed by atoms with E-state index in [1.165, 1.54) is 22.2 Å². The Morgan fingerprint density at radius 1 is 1.08 bits per heavy atom. The van der Waals surface area contributed by atoms with E-state index in [9.17, 15) is 0 Å². The third kappa shape index (κ3) is 3.32. The first-order valence-corrected chi connectivity index (χ1v) is 9.87. The van der Waals surface area contributed by atoms with Gasteiger partial charge in [0.25, 0.3) is 17.0 Å². The summed E-state index contributed by atoms with van der Waals surface area (Å²) >= 11 is 3.05. The third-order valence-electron chi connectivity index (χ3n) is 3.83. The van der Waals surface area contributed by atoms with Crippen molar-refractivity contribution in [1.82, 2.24) is 20.4 Å². The Morgan fingerprint density at radius 3 is 2.65 bits per heavy atom. The Balaban J connectivity index is 1.43. The molecule has 0 aliphatic carbocycles. The van der Waals surface area contributed by atoms with E-state index in [0.717, 1.165) is 22.6 Å². The van der Waals surface area contributed by atoms with Crippen molar-refractivity contribution in [3.05, 3.63) is 40.5 Å². The summed E-state index contributed by atoms with van der Waals surface area (Å²) in [4.78, 5) is 2.33. The van der Waals surface area contributed by atoms with Crippen molar-refractivity contribution in [3.8, 4) is 22.2 Å². The summed E-state index contributed by atoms with van der Waals surface area (Å²) in [6.07, 6.45) is 2.60. The van der Waals surface area contributed by atoms with Gasteiger partial charge in [0.1, 0.15) is 5.76 Å². The summed E-state index contributed by atoms with van der Waals surface area (Å²) in [5.74, 6) is 2.71. The number of aromatic nitrogens is 4. The van der Waals surface area contributed by atoms with Gasteiger partial charge in [0.05, 0.1) is 22.5 Å². The van der Waals surface area contributed by atoms with Crippen LogP contribution in [0.3, 0.4) is 0 Å². The predicted molar refractivity (Wildman–Crippen MR) is 98.0 cm³/mol. The topological polar surface area (TPSA) is 91.0 Å². The summed E-state index contributed by atoms with van der Waals surface area (Å²) in [6.45, 7) is 6.09. The molecule has 0 radical (unpaired) electrons. The van der Waals surface area contributed by atoms with Gasteiger partial charge in [0.15, 0.2) is 0 Å². The number of hydrogen-bond acceptors (Lipinski definition) is 9. The van der Waals surface area contributed by atoms with Crippen molar-refractivity contribution in [2.75, 3.05) is 0 Å². The second-order valence-corrected chi connectivity index (χ2v) is 7.69. The van der Waals surface area contributed by atoms with Crippen molar-refractivity contribution in [2.24, 2.45) is 0 Å². The van der Waals surface area contributed by atoms with Crippen LogP contribution in [0.25, 0.3) is 22.2 Å². The molecule has 4 heterocycles. The fourth-order valence-electron chi connectivity index (χ4n) is 2.49. The van der Waals surface area contributed by atoms with Gasteiger partial charge in [-0.15, -0.1) is 31.7 Å². The SMILES string of the molecule is CCc1sc(-c2nnc(CSc3nnc(-c4ccoc4C)o3)o2)cc1C. The van der Waals surface area contributed by atoms with E-state index in [0.29, 0.717) is 28.6 Å². The summed E-state index contributed by atoms with van der Waals surface area (Å²) in [5.41, 5.74) is 2.05. The van der Waals surface area contributed by atoms with E-state index in [1.807, 2.05) is 6.92 Å². The van der Waals surface area contributed by atoms with E-state index in [1.54, 1.807) is 23.7 Å². The number of aryl methyl sites for hydroxylation is 3. The first-order valence-electron chi connectivity index (χ1n) is 8.07. The van der Waals surface area contributed by atoms with Crippen LogP contribution in [0.4, 0.5) is 0 Å². The van der Waals surface area contributed by atoms with Gasteiger partial charge in [-0.25, -0.2) is 0 Å². The molecule has 0 saturated heterocycles. The Morgan fingerprint density at radius 2 is 1.92 bits per heavy atom. The van der Waals surface area contributed by atoms with Crippen LogP contribution >= 0.6 is 23.1 Å². The van der Waals surface area contributed by atoms with Crippen LogP contribution in [0.1, 0.15) is 29.0 Å². The molecule has 0 unspecified atom stereocenters. The standard InChI is InChI=1S/C17H16N4O3S2/c1-4-12-9(2)7-13(26-12)16-20-18-14(23-16)8-25-17-21-19-15(24-17)11-5-6-22-10(11)3/h5-7H,4,8H2,1-3H3. The summed E-state index contributed by atoms with van der Waals surface area (Å²) in [5, 5.41) is 16.8. The van der Waals surface area contributed by atoms with Gasteiger partial charge >= 0.3 is 0 Å². The minimum absolute atomic E-state index is 0.436. The minimum Gasteiger partial charge on any atom is -0.469 e. The Kier molecular flexibility index (Phi) is 4.64. The molecule has 0 saturated carbocycles. The molecule has 134 valence electrons. The zero-order valence-corrected chi connectivity index (χ0v) is 16.1. The number of rotatable bonds is 6. The molecular formula is C17H16N4O3S2. The van der Waals surface area contributed by atoms with E-state index in [4.69, 9.17) is 13.3 Å². The summed E-state index contributed by atoms with van der Waals surface area (Å²) in [7, 11) is 0. The van der Waals surface area contributed by atoms with Crippen molar-refractivity contribution >= 4 is 23.1 Å². The van der Waals surface area contributed by atoms with Crippen LogP contribution < -0.4 is 0 Å². The average molecular weight is 388 g/mol. The molecule has 4 aromatic rings. The number of furan rings is 1. The Hall–Kier alpha value is -2.39. The van der Waals surface area contributed by atoms with Crippen LogP contribution in [0.5, 0.6) is 0 Å². The largest absolute Gasteiger partial charge is 0.469 e. The summed E-state index contributed by atoms with van der Waals surface area (Å²) < 4.78 is 16.7. The van der Waals surface area contributed by atoms with Crippen LogP contribution in [-0.2, 0) is 12.2 Å². The highest BCUT2D eigenvalue weighted by molar-refractivity contribution is 7.98. The normalized spacial score (nSPS) is 11.3. The van der Waals surface area contributed by atoms with E-state index < -0.39 is 0 Å². The number of hydrogen-bond donors (Lipinski definition) is 0. The zero-order valence-electron chi connectivity index (χ0n) is 14.5. The minimum atomic E-state index is 0.436. The second kappa shape index (κ2) is 7.08. The molecular weight excluding hydrogens is 372 g/mol. The molecule has 0 aliphatic rings. The predicted octanol–water partition coefficient (Wildman–Crippen LogP) is 4.91. The van der Waals surface area contributed by atoms with Gasteiger partial charge in [-0.2, -0.15) is 0 Å². The molecule has 4 rings (SSSR count). The highest BCUT2D eigenvalue weighted by Crippen LogP contribution is 2.32. The maximum Gasteiger partial charge on any atom is 0.277 e. The molecule has 0 aromatic carbocycles. The smallest absolute Gasteiger partial charge is 0.277 e. The Bertz CT molecular complexity index is 1030. The van der Waals surface area contributed by atoms with Gasteiger partial charge in [-0.05, 0) is 38.0 Å². The molecule has 26 heavy (non-hydrogen) atoms. The lowest BCUT2D eigenvalue weighted by atomic mass is 10.2. The monoisotopic (exact) mass is 388 g/mol. The van der Waals surface area contributed by atoms with Crippen LogP contribution in [0.2, 0.25) is 0 Å². The third-order valence-corrected chi connectivity index (χ3v) is 6.01. The van der Waals surface area contributed by atoms with E-state index >= 15 is 0 Å². The van der Waals surface area contributed by atoms with Gasteiger partial charge in [-0.1, -0.05) is 18.7 Å². The highest BCUT2D eigenvalue weighted by atomic mass is 32.2. The van der Waals surface area contributed by atoms with Gasteiger partial charge in [0, 0.05) is 4.88 Å². The maximum atomic E-state index is 5.76. The van der Waals surface area contributed by atoms with Gasteiger partial charge in [-0.3, -0.25) is 0 Å². The first kappa shape index (κ1) is 17.0. The summed E-state index contributed by atoms with van der Waals surface area (Å²) in [6, 6.07) is 3.89. The molecule has 0 fully saturated rings. The molecule has 4 aromatic heterocycles. The Labute approximate surface area is 157 Å². The van der Waals surface area contributed by atoms with E-state index in [2.05, 4.69) is 40.3 Å². The molecule has 7 nitrogen and oxygen atoms in total. The molecule has 0 atom stereocenters. The zero-order chi connectivity index (χ0) is 18.1. The fraction of sp³-hybridized carbons (Fsp3) is 0.294.